The van der Waals surface area contributed by atoms with E-state index in [4.69, 9.17) is 4.74 Å². The van der Waals surface area contributed by atoms with Crippen molar-refractivity contribution in [2.24, 2.45) is 0 Å². The molecule has 16 heavy (non-hydrogen) atoms. The van der Waals surface area contributed by atoms with Crippen molar-refractivity contribution in [2.45, 2.75) is 39.7 Å². The molecule has 0 saturated carbocycles. The van der Waals surface area contributed by atoms with Crippen LogP contribution in [0.3, 0.4) is 0 Å². The minimum absolute atomic E-state index is 0.0658. The number of unbranched alkanes of at least 4 members (excludes halogenated alkanes) is 1. The highest BCUT2D eigenvalue weighted by atomic mass is 16.5. The monoisotopic (exact) mass is 220 g/mol. The molecule has 88 valence electrons. The maximum absolute atomic E-state index is 11.9. The Morgan fingerprint density at radius 2 is 1.94 bits per heavy atom. The first-order valence-corrected chi connectivity index (χ1v) is 5.87. The molecule has 1 unspecified atom stereocenters. The molecule has 0 amide bonds. The fourth-order valence-corrected chi connectivity index (χ4v) is 1.43. The molecule has 0 spiro atoms. The summed E-state index contributed by atoms with van der Waals surface area (Å²) in [4.78, 5) is 11.9. The summed E-state index contributed by atoms with van der Waals surface area (Å²) in [5.74, 6) is 0.0658. The Hall–Kier alpha value is -1.15. The van der Waals surface area contributed by atoms with Crippen molar-refractivity contribution in [3.63, 3.8) is 0 Å². The number of hydrogen-bond acceptors (Lipinski definition) is 2. The molecule has 0 aliphatic heterocycles. The van der Waals surface area contributed by atoms with Gasteiger partial charge in [-0.3, -0.25) is 4.79 Å². The number of aryl methyl sites for hydroxylation is 1. The number of ketones is 1. The molecule has 0 fully saturated rings. The SMILES string of the molecule is CCCCOC(C)C(=O)c1ccc(C)cc1. The molecule has 0 N–H and O–H groups in total. The van der Waals surface area contributed by atoms with Crippen LogP contribution in [-0.4, -0.2) is 18.5 Å². The molecule has 2 nitrogen and oxygen atoms in total. The van der Waals surface area contributed by atoms with Crippen LogP contribution in [-0.2, 0) is 4.74 Å². The summed E-state index contributed by atoms with van der Waals surface area (Å²) >= 11 is 0. The minimum atomic E-state index is -0.339. The van der Waals surface area contributed by atoms with Gasteiger partial charge in [0.2, 0.25) is 0 Å². The maximum Gasteiger partial charge on any atom is 0.191 e. The van der Waals surface area contributed by atoms with Gasteiger partial charge >= 0.3 is 0 Å². The summed E-state index contributed by atoms with van der Waals surface area (Å²) < 4.78 is 5.48. The normalized spacial score (nSPS) is 12.4. The Kier molecular flexibility index (Phi) is 5.20. The summed E-state index contributed by atoms with van der Waals surface area (Å²) in [7, 11) is 0. The third-order valence-electron chi connectivity index (χ3n) is 2.57. The van der Waals surface area contributed by atoms with Gasteiger partial charge in [-0.05, 0) is 20.3 Å². The highest BCUT2D eigenvalue weighted by Gasteiger charge is 2.14. The first kappa shape index (κ1) is 12.9. The summed E-state index contributed by atoms with van der Waals surface area (Å²) in [6, 6.07) is 7.62. The highest BCUT2D eigenvalue weighted by molar-refractivity contribution is 5.99. The van der Waals surface area contributed by atoms with Gasteiger partial charge in [0.25, 0.3) is 0 Å². The van der Waals surface area contributed by atoms with Crippen LogP contribution >= 0.6 is 0 Å². The predicted molar refractivity (Wildman–Crippen MR) is 65.8 cm³/mol. The highest BCUT2D eigenvalue weighted by Crippen LogP contribution is 2.08. The number of benzene rings is 1. The second-order valence-corrected chi connectivity index (χ2v) is 4.10. The Labute approximate surface area is 97.6 Å². The van der Waals surface area contributed by atoms with Gasteiger partial charge in [-0.15, -0.1) is 0 Å². The van der Waals surface area contributed by atoms with Crippen molar-refractivity contribution in [2.75, 3.05) is 6.61 Å². The summed E-state index contributed by atoms with van der Waals surface area (Å²) in [6.45, 7) is 6.60. The van der Waals surface area contributed by atoms with E-state index in [0.717, 1.165) is 24.0 Å². The van der Waals surface area contributed by atoms with Gasteiger partial charge in [-0.2, -0.15) is 0 Å². The average molecular weight is 220 g/mol. The van der Waals surface area contributed by atoms with Gasteiger partial charge in [-0.1, -0.05) is 43.2 Å². The van der Waals surface area contributed by atoms with Crippen LogP contribution < -0.4 is 0 Å². The average Bonchev–Trinajstić information content (AvgIpc) is 2.29. The van der Waals surface area contributed by atoms with E-state index in [2.05, 4.69) is 6.92 Å². The zero-order valence-electron chi connectivity index (χ0n) is 10.3. The molecule has 0 aromatic heterocycles. The van der Waals surface area contributed by atoms with Crippen molar-refractivity contribution in [3.8, 4) is 0 Å². The molecule has 0 radical (unpaired) electrons. The lowest BCUT2D eigenvalue weighted by molar-refractivity contribution is 0.0468. The minimum Gasteiger partial charge on any atom is -0.370 e. The molecule has 0 saturated heterocycles. The van der Waals surface area contributed by atoms with E-state index in [1.54, 1.807) is 0 Å². The van der Waals surface area contributed by atoms with E-state index in [1.807, 2.05) is 38.1 Å². The van der Waals surface area contributed by atoms with Crippen LogP contribution in [0, 0.1) is 6.92 Å². The third kappa shape index (κ3) is 3.78. The van der Waals surface area contributed by atoms with Crippen LogP contribution in [0.2, 0.25) is 0 Å². The molecule has 0 bridgehead atoms. The van der Waals surface area contributed by atoms with Crippen molar-refractivity contribution in [1.29, 1.82) is 0 Å². The fraction of sp³-hybridized carbons (Fsp3) is 0.500. The van der Waals surface area contributed by atoms with E-state index in [-0.39, 0.29) is 11.9 Å². The molecule has 1 aromatic carbocycles. The van der Waals surface area contributed by atoms with Gasteiger partial charge in [0.15, 0.2) is 5.78 Å². The van der Waals surface area contributed by atoms with Crippen molar-refractivity contribution < 1.29 is 9.53 Å². The van der Waals surface area contributed by atoms with Crippen LogP contribution in [0.4, 0.5) is 0 Å². The number of rotatable bonds is 6. The molecule has 1 atom stereocenters. The number of carbonyl (C=O) groups is 1. The molecule has 0 aliphatic carbocycles. The van der Waals surface area contributed by atoms with E-state index >= 15 is 0 Å². The summed E-state index contributed by atoms with van der Waals surface area (Å²) in [5, 5.41) is 0. The van der Waals surface area contributed by atoms with Crippen LogP contribution in [0.1, 0.15) is 42.6 Å². The third-order valence-corrected chi connectivity index (χ3v) is 2.57. The quantitative estimate of drug-likeness (QED) is 0.542. The Bertz CT molecular complexity index is 327. The van der Waals surface area contributed by atoms with Crippen molar-refractivity contribution >= 4 is 5.78 Å². The first-order valence-electron chi connectivity index (χ1n) is 5.87. The first-order chi connectivity index (χ1) is 7.65. The Morgan fingerprint density at radius 1 is 1.31 bits per heavy atom. The number of hydrogen-bond donors (Lipinski definition) is 0. The number of Topliss-reactive ketones (excluding diaryl/α,β-unsaturated/α-hetero) is 1. The molecule has 0 heterocycles. The molecule has 1 rings (SSSR count). The van der Waals surface area contributed by atoms with E-state index in [1.165, 1.54) is 0 Å². The van der Waals surface area contributed by atoms with Gasteiger partial charge in [0.1, 0.15) is 6.10 Å². The van der Waals surface area contributed by atoms with E-state index < -0.39 is 0 Å². The zero-order valence-corrected chi connectivity index (χ0v) is 10.3. The van der Waals surface area contributed by atoms with Crippen molar-refractivity contribution in [3.05, 3.63) is 35.4 Å². The van der Waals surface area contributed by atoms with Crippen LogP contribution in [0.15, 0.2) is 24.3 Å². The topological polar surface area (TPSA) is 26.3 Å². The smallest absolute Gasteiger partial charge is 0.191 e. The maximum atomic E-state index is 11.9. The second-order valence-electron chi connectivity index (χ2n) is 4.10. The second kappa shape index (κ2) is 6.44. The standard InChI is InChI=1S/C14H20O2/c1-4-5-10-16-12(3)14(15)13-8-6-11(2)7-9-13/h6-9,12H,4-5,10H2,1-3H3. The molecule has 2 heteroatoms. The zero-order chi connectivity index (χ0) is 12.0. The summed E-state index contributed by atoms with van der Waals surface area (Å²) in [6.07, 6.45) is 1.76. The van der Waals surface area contributed by atoms with E-state index in [0.29, 0.717) is 6.61 Å². The Morgan fingerprint density at radius 3 is 2.50 bits per heavy atom. The molecular weight excluding hydrogens is 200 g/mol. The summed E-state index contributed by atoms with van der Waals surface area (Å²) in [5.41, 5.74) is 1.89. The molecular formula is C14H20O2. The molecule has 0 aliphatic rings. The fourth-order valence-electron chi connectivity index (χ4n) is 1.43. The number of carbonyl (C=O) groups excluding carboxylic acids is 1. The molecule has 1 aromatic rings. The lowest BCUT2D eigenvalue weighted by atomic mass is 10.1. The van der Waals surface area contributed by atoms with E-state index in [9.17, 15) is 4.79 Å². The predicted octanol–water partition coefficient (Wildman–Crippen LogP) is 3.38. The van der Waals surface area contributed by atoms with Gasteiger partial charge in [0.05, 0.1) is 0 Å². The Balaban J connectivity index is 2.53. The van der Waals surface area contributed by atoms with Crippen LogP contribution in [0.25, 0.3) is 0 Å². The van der Waals surface area contributed by atoms with Gasteiger partial charge in [0, 0.05) is 12.2 Å². The van der Waals surface area contributed by atoms with Gasteiger partial charge in [-0.25, -0.2) is 0 Å². The van der Waals surface area contributed by atoms with Gasteiger partial charge < -0.3 is 4.74 Å². The largest absolute Gasteiger partial charge is 0.370 e. The lowest BCUT2D eigenvalue weighted by Gasteiger charge is -2.11. The van der Waals surface area contributed by atoms with Crippen LogP contribution in [0.5, 0.6) is 0 Å². The van der Waals surface area contributed by atoms with Crippen molar-refractivity contribution in [1.82, 2.24) is 0 Å². The number of ether oxygens (including phenoxy) is 1. The lowest BCUT2D eigenvalue weighted by Crippen LogP contribution is -2.21.